The maximum absolute atomic E-state index is 10.6. The lowest BCUT2D eigenvalue weighted by Crippen LogP contribution is -2.44. The molecule has 6 nitrogen and oxygen atoms in total. The van der Waals surface area contributed by atoms with Crippen LogP contribution in [0.15, 0.2) is 39.7 Å². The van der Waals surface area contributed by atoms with Gasteiger partial charge in [0.2, 0.25) is 0 Å². The number of H-pyrrole nitrogens is 1. The van der Waals surface area contributed by atoms with Gasteiger partial charge in [0.05, 0.1) is 6.54 Å². The van der Waals surface area contributed by atoms with Crippen molar-refractivity contribution in [2.45, 2.75) is 39.8 Å². The summed E-state index contributed by atoms with van der Waals surface area (Å²) in [6, 6.07) is 10.0. The highest BCUT2D eigenvalue weighted by Gasteiger charge is 2.27. The first kappa shape index (κ1) is 19.0. The molecule has 0 bridgehead atoms. The molecule has 144 valence electrons. The number of aromatic amines is 1. The summed E-state index contributed by atoms with van der Waals surface area (Å²) in [5.74, 6) is 1.94. The molecule has 0 fully saturated rings. The topological polar surface area (TPSA) is 85.6 Å². The number of fused-ring (bicyclic) bond motifs is 1. The quantitative estimate of drug-likeness (QED) is 0.411. The molecule has 0 saturated heterocycles. The minimum Gasteiger partial charge on any atom is -0.463 e. The van der Waals surface area contributed by atoms with Crippen molar-refractivity contribution >= 4 is 16.9 Å². The van der Waals surface area contributed by atoms with E-state index in [2.05, 4.69) is 52.7 Å². The summed E-state index contributed by atoms with van der Waals surface area (Å²) in [4.78, 5) is 7.63. The third-order valence-corrected chi connectivity index (χ3v) is 4.93. The number of guanidine groups is 1. The van der Waals surface area contributed by atoms with Gasteiger partial charge in [0, 0.05) is 30.2 Å². The Morgan fingerprint density at radius 3 is 2.63 bits per heavy atom. The van der Waals surface area contributed by atoms with Crippen LogP contribution in [0, 0.1) is 20.8 Å². The molecule has 6 heteroatoms. The summed E-state index contributed by atoms with van der Waals surface area (Å²) < 4.78 is 5.54. The van der Waals surface area contributed by atoms with Crippen LogP contribution in [0.5, 0.6) is 0 Å². The van der Waals surface area contributed by atoms with Gasteiger partial charge in [0.25, 0.3) is 0 Å². The molecule has 2 heterocycles. The zero-order valence-electron chi connectivity index (χ0n) is 16.6. The number of benzene rings is 1. The van der Waals surface area contributed by atoms with Crippen LogP contribution < -0.4 is 10.6 Å². The number of hydrogen-bond acceptors (Lipinski definition) is 3. The Morgan fingerprint density at radius 2 is 1.96 bits per heavy atom. The molecule has 3 aromatic rings. The molecular formula is C21H28N4O2. The molecule has 27 heavy (non-hydrogen) atoms. The Balaban J connectivity index is 1.61. The Bertz CT molecular complexity index is 966. The average molecular weight is 368 g/mol. The van der Waals surface area contributed by atoms with E-state index in [0.29, 0.717) is 18.3 Å². The average Bonchev–Trinajstić information content (AvgIpc) is 3.20. The van der Waals surface area contributed by atoms with E-state index in [4.69, 9.17) is 4.42 Å². The van der Waals surface area contributed by atoms with Gasteiger partial charge in [-0.3, -0.25) is 4.99 Å². The molecule has 0 aliphatic heterocycles. The minimum atomic E-state index is -1.12. The van der Waals surface area contributed by atoms with Crippen molar-refractivity contribution in [1.29, 1.82) is 0 Å². The second kappa shape index (κ2) is 7.48. The number of aliphatic hydroxyl groups is 1. The first-order chi connectivity index (χ1) is 12.8. The summed E-state index contributed by atoms with van der Waals surface area (Å²) >= 11 is 0. The summed E-state index contributed by atoms with van der Waals surface area (Å²) in [6.07, 6.45) is 0. The molecule has 2 aromatic heterocycles. The van der Waals surface area contributed by atoms with Crippen LogP contribution in [0.25, 0.3) is 10.9 Å². The third-order valence-electron chi connectivity index (χ3n) is 4.93. The molecular weight excluding hydrogens is 340 g/mol. The molecule has 1 aromatic carbocycles. The standard InChI is InChI=1S/C21H28N4O2/c1-13-6-9-19(27-13)21(4,26)12-24-20(22-5)23-11-16-7-8-18-17(10-16)14(2)15(3)25-18/h6-10,25-26H,11-12H2,1-5H3,(H2,22,23,24). The molecule has 0 aliphatic rings. The maximum Gasteiger partial charge on any atom is 0.191 e. The van der Waals surface area contributed by atoms with Crippen LogP contribution in [0.1, 0.15) is 35.3 Å². The lowest BCUT2D eigenvalue weighted by molar-refractivity contribution is 0.0378. The van der Waals surface area contributed by atoms with E-state index in [1.807, 2.05) is 13.0 Å². The van der Waals surface area contributed by atoms with Crippen molar-refractivity contribution in [2.75, 3.05) is 13.6 Å². The van der Waals surface area contributed by atoms with Crippen LogP contribution in [0.2, 0.25) is 0 Å². The maximum atomic E-state index is 10.6. The fraction of sp³-hybridized carbons (Fsp3) is 0.381. The lowest BCUT2D eigenvalue weighted by atomic mass is 10.0. The number of nitrogens with one attached hydrogen (secondary N) is 3. The highest BCUT2D eigenvalue weighted by molar-refractivity contribution is 5.85. The first-order valence-corrected chi connectivity index (χ1v) is 9.12. The van der Waals surface area contributed by atoms with Crippen LogP contribution in [-0.2, 0) is 12.1 Å². The highest BCUT2D eigenvalue weighted by atomic mass is 16.4. The molecule has 0 radical (unpaired) electrons. The van der Waals surface area contributed by atoms with Gasteiger partial charge >= 0.3 is 0 Å². The minimum absolute atomic E-state index is 0.286. The molecule has 4 N–H and O–H groups in total. The van der Waals surface area contributed by atoms with E-state index in [9.17, 15) is 5.11 Å². The van der Waals surface area contributed by atoms with Crippen molar-refractivity contribution in [3.05, 3.63) is 58.7 Å². The zero-order valence-corrected chi connectivity index (χ0v) is 16.6. The van der Waals surface area contributed by atoms with Crippen molar-refractivity contribution in [1.82, 2.24) is 15.6 Å². The third kappa shape index (κ3) is 4.17. The number of aromatic nitrogens is 1. The predicted octanol–water partition coefficient (Wildman–Crippen LogP) is 3.26. The smallest absolute Gasteiger partial charge is 0.191 e. The second-order valence-electron chi connectivity index (χ2n) is 7.22. The van der Waals surface area contributed by atoms with Crippen LogP contribution in [-0.4, -0.2) is 29.6 Å². The number of aryl methyl sites for hydroxylation is 3. The van der Waals surface area contributed by atoms with E-state index < -0.39 is 5.60 Å². The number of hydrogen-bond donors (Lipinski definition) is 4. The number of rotatable bonds is 5. The number of nitrogens with zero attached hydrogens (tertiary/aromatic N) is 1. The summed E-state index contributed by atoms with van der Waals surface area (Å²) in [5, 5.41) is 18.3. The van der Waals surface area contributed by atoms with Gasteiger partial charge < -0.3 is 25.1 Å². The molecule has 1 unspecified atom stereocenters. The van der Waals surface area contributed by atoms with E-state index in [0.717, 1.165) is 11.3 Å². The fourth-order valence-electron chi connectivity index (χ4n) is 3.09. The van der Waals surface area contributed by atoms with E-state index in [1.54, 1.807) is 20.0 Å². The zero-order chi connectivity index (χ0) is 19.6. The van der Waals surface area contributed by atoms with Crippen molar-refractivity contribution in [3.8, 4) is 0 Å². The Hall–Kier alpha value is -2.73. The van der Waals surface area contributed by atoms with Crippen LogP contribution >= 0.6 is 0 Å². The molecule has 3 rings (SSSR count). The van der Waals surface area contributed by atoms with Crippen LogP contribution in [0.3, 0.4) is 0 Å². The molecule has 0 spiro atoms. The summed E-state index contributed by atoms with van der Waals surface area (Å²) in [5.41, 5.74) is 3.68. The lowest BCUT2D eigenvalue weighted by Gasteiger charge is -2.23. The highest BCUT2D eigenvalue weighted by Crippen LogP contribution is 2.23. The molecule has 1 atom stereocenters. The van der Waals surface area contributed by atoms with Gasteiger partial charge in [-0.25, -0.2) is 0 Å². The van der Waals surface area contributed by atoms with Crippen molar-refractivity contribution in [3.63, 3.8) is 0 Å². The second-order valence-corrected chi connectivity index (χ2v) is 7.22. The summed E-state index contributed by atoms with van der Waals surface area (Å²) in [6.45, 7) is 8.72. The van der Waals surface area contributed by atoms with Gasteiger partial charge in [0.1, 0.15) is 17.1 Å². The van der Waals surface area contributed by atoms with Gasteiger partial charge in [0.15, 0.2) is 5.96 Å². The predicted molar refractivity (Wildman–Crippen MR) is 109 cm³/mol. The fourth-order valence-corrected chi connectivity index (χ4v) is 3.09. The van der Waals surface area contributed by atoms with E-state index in [1.165, 1.54) is 22.2 Å². The normalized spacial score (nSPS) is 14.4. The van der Waals surface area contributed by atoms with Crippen LogP contribution in [0.4, 0.5) is 0 Å². The monoisotopic (exact) mass is 368 g/mol. The van der Waals surface area contributed by atoms with E-state index >= 15 is 0 Å². The number of furan rings is 1. The molecule has 0 aliphatic carbocycles. The van der Waals surface area contributed by atoms with Gasteiger partial charge in [-0.15, -0.1) is 0 Å². The largest absolute Gasteiger partial charge is 0.463 e. The Labute approximate surface area is 159 Å². The van der Waals surface area contributed by atoms with Crippen molar-refractivity contribution < 1.29 is 9.52 Å². The Morgan fingerprint density at radius 1 is 1.19 bits per heavy atom. The Kier molecular flexibility index (Phi) is 5.28. The van der Waals surface area contributed by atoms with Gasteiger partial charge in [-0.05, 0) is 63.1 Å². The first-order valence-electron chi connectivity index (χ1n) is 9.12. The summed E-state index contributed by atoms with van der Waals surface area (Å²) in [7, 11) is 1.71. The van der Waals surface area contributed by atoms with E-state index in [-0.39, 0.29) is 6.54 Å². The SMILES string of the molecule is CN=C(NCc1ccc2[nH]c(C)c(C)c2c1)NCC(C)(O)c1ccc(C)o1. The number of aliphatic imine (C=N–C) groups is 1. The molecule has 0 saturated carbocycles. The van der Waals surface area contributed by atoms with Gasteiger partial charge in [-0.2, -0.15) is 0 Å². The van der Waals surface area contributed by atoms with Crippen molar-refractivity contribution in [2.24, 2.45) is 4.99 Å². The van der Waals surface area contributed by atoms with Gasteiger partial charge in [-0.1, -0.05) is 6.07 Å². The molecule has 0 amide bonds.